The summed E-state index contributed by atoms with van der Waals surface area (Å²) in [5.74, 6) is 5.18. The zero-order chi connectivity index (χ0) is 12.7. The zero-order valence-corrected chi connectivity index (χ0v) is 10.8. The molecule has 0 aromatic heterocycles. The molecule has 0 radical (unpaired) electrons. The molecule has 17 heavy (non-hydrogen) atoms. The zero-order valence-electron chi connectivity index (χ0n) is 9.24. The molecule has 1 rings (SSSR count). The average molecular weight is 295 g/mol. The molecule has 0 saturated heterocycles. The third kappa shape index (κ3) is 4.75. The largest absolute Gasteiger partial charge is 0.481 e. The van der Waals surface area contributed by atoms with E-state index in [0.29, 0.717) is 12.4 Å². The Morgan fingerprint density at radius 1 is 1.59 bits per heavy atom. The molecular formula is C13H11BrO3. The molecule has 0 amide bonds. The van der Waals surface area contributed by atoms with Gasteiger partial charge in [0.25, 0.3) is 0 Å². The number of hydrogen-bond acceptors (Lipinski definition) is 2. The first-order chi connectivity index (χ1) is 8.13. The van der Waals surface area contributed by atoms with Crippen molar-refractivity contribution in [2.75, 3.05) is 6.61 Å². The van der Waals surface area contributed by atoms with Gasteiger partial charge in [0, 0.05) is 10.5 Å². The van der Waals surface area contributed by atoms with E-state index in [4.69, 9.17) is 9.84 Å². The van der Waals surface area contributed by atoms with Crippen LogP contribution in [0.5, 0.6) is 5.75 Å². The molecule has 1 N–H and O–H groups in total. The molecule has 0 atom stereocenters. The van der Waals surface area contributed by atoms with Crippen LogP contribution in [0.4, 0.5) is 0 Å². The van der Waals surface area contributed by atoms with E-state index >= 15 is 0 Å². The summed E-state index contributed by atoms with van der Waals surface area (Å²) in [5, 5.41) is 8.56. The number of carbonyl (C=O) groups is 1. The van der Waals surface area contributed by atoms with Gasteiger partial charge in [-0.25, -0.2) is 4.79 Å². The van der Waals surface area contributed by atoms with Gasteiger partial charge >= 0.3 is 5.97 Å². The van der Waals surface area contributed by atoms with Crippen molar-refractivity contribution in [3.8, 4) is 17.6 Å². The van der Waals surface area contributed by atoms with Crippen LogP contribution in [0, 0.1) is 11.8 Å². The topological polar surface area (TPSA) is 46.5 Å². The summed E-state index contributed by atoms with van der Waals surface area (Å²) in [6.07, 6.45) is 2.58. The summed E-state index contributed by atoms with van der Waals surface area (Å²) in [4.78, 5) is 10.4. The van der Waals surface area contributed by atoms with Gasteiger partial charge in [-0.3, -0.25) is 0 Å². The van der Waals surface area contributed by atoms with Crippen molar-refractivity contribution in [1.29, 1.82) is 0 Å². The highest BCUT2D eigenvalue weighted by Crippen LogP contribution is 2.23. The molecule has 0 bridgehead atoms. The summed E-state index contributed by atoms with van der Waals surface area (Å²) in [6.45, 7) is 2.06. The van der Waals surface area contributed by atoms with E-state index in [2.05, 4.69) is 27.8 Å². The van der Waals surface area contributed by atoms with E-state index in [-0.39, 0.29) is 0 Å². The Balaban J connectivity index is 2.85. The molecule has 3 nitrogen and oxygen atoms in total. The number of carboxylic acid groups (broad SMARTS) is 1. The minimum Gasteiger partial charge on any atom is -0.481 e. The van der Waals surface area contributed by atoms with E-state index in [1.807, 2.05) is 0 Å². The van der Waals surface area contributed by atoms with Gasteiger partial charge in [-0.05, 0) is 36.8 Å². The highest BCUT2D eigenvalue weighted by atomic mass is 79.9. The average Bonchev–Trinajstić information content (AvgIpc) is 2.29. The molecule has 0 heterocycles. The van der Waals surface area contributed by atoms with Crippen LogP contribution in [-0.2, 0) is 4.79 Å². The Bertz CT molecular complexity index is 495. The first-order valence-corrected chi connectivity index (χ1v) is 5.65. The second-order valence-electron chi connectivity index (χ2n) is 3.07. The second kappa shape index (κ2) is 6.77. The lowest BCUT2D eigenvalue weighted by molar-refractivity contribution is -0.131. The van der Waals surface area contributed by atoms with Crippen LogP contribution < -0.4 is 4.74 Å². The van der Waals surface area contributed by atoms with E-state index < -0.39 is 5.97 Å². The number of hydrogen-bond donors (Lipinski definition) is 1. The Morgan fingerprint density at radius 2 is 2.35 bits per heavy atom. The maximum atomic E-state index is 10.4. The quantitative estimate of drug-likeness (QED) is 0.686. The minimum absolute atomic E-state index is 0.320. The van der Waals surface area contributed by atoms with E-state index in [1.165, 1.54) is 6.08 Å². The molecule has 4 heteroatoms. The lowest BCUT2D eigenvalue weighted by Gasteiger charge is -2.04. The molecule has 0 saturated carbocycles. The first-order valence-electron chi connectivity index (χ1n) is 4.86. The van der Waals surface area contributed by atoms with Crippen LogP contribution in [0.2, 0.25) is 0 Å². The Hall–Kier alpha value is -1.73. The monoisotopic (exact) mass is 294 g/mol. The Kier molecular flexibility index (Phi) is 5.31. The van der Waals surface area contributed by atoms with Crippen molar-refractivity contribution in [3.63, 3.8) is 0 Å². The molecule has 0 fully saturated rings. The summed E-state index contributed by atoms with van der Waals surface area (Å²) >= 11 is 3.33. The van der Waals surface area contributed by atoms with E-state index in [1.54, 1.807) is 25.1 Å². The summed E-state index contributed by atoms with van der Waals surface area (Å²) in [6, 6.07) is 5.34. The number of rotatable bonds is 4. The second-order valence-corrected chi connectivity index (χ2v) is 3.92. The van der Waals surface area contributed by atoms with Crippen molar-refractivity contribution in [1.82, 2.24) is 0 Å². The van der Waals surface area contributed by atoms with Gasteiger partial charge in [0.2, 0.25) is 0 Å². The van der Waals surface area contributed by atoms with Gasteiger partial charge in [-0.2, -0.15) is 0 Å². The molecule has 1 aromatic carbocycles. The van der Waals surface area contributed by atoms with Gasteiger partial charge in [0.15, 0.2) is 0 Å². The highest BCUT2D eigenvalue weighted by Gasteiger charge is 2.00. The molecule has 0 aliphatic rings. The van der Waals surface area contributed by atoms with Crippen LogP contribution in [0.25, 0.3) is 6.08 Å². The Morgan fingerprint density at radius 3 is 3.00 bits per heavy atom. The summed E-state index contributed by atoms with van der Waals surface area (Å²) in [5.41, 5.74) is 0.745. The fourth-order valence-corrected chi connectivity index (χ4v) is 1.47. The number of aliphatic carboxylic acids is 1. The fraction of sp³-hybridized carbons (Fsp3) is 0.154. The molecule has 0 spiro atoms. The van der Waals surface area contributed by atoms with Gasteiger partial charge < -0.3 is 9.84 Å². The SMILES string of the molecule is CC#CCOc1ccc(Br)c(/C=C/C(=O)O)c1. The number of ether oxygens (including phenoxy) is 1. The molecule has 88 valence electrons. The third-order valence-corrected chi connectivity index (χ3v) is 2.58. The third-order valence-electron chi connectivity index (χ3n) is 1.86. The standard InChI is InChI=1S/C13H11BrO3/c1-2-3-8-17-11-5-6-12(14)10(9-11)4-7-13(15)16/h4-7,9H,8H2,1H3,(H,15,16)/b7-4+. The van der Waals surface area contributed by atoms with Gasteiger partial charge in [-0.15, -0.1) is 5.92 Å². The summed E-state index contributed by atoms with van der Waals surface area (Å²) < 4.78 is 6.18. The number of benzene rings is 1. The molecule has 0 aliphatic heterocycles. The first kappa shape index (κ1) is 13.3. The van der Waals surface area contributed by atoms with Crippen LogP contribution in [0.3, 0.4) is 0 Å². The maximum Gasteiger partial charge on any atom is 0.328 e. The lowest BCUT2D eigenvalue weighted by atomic mass is 10.2. The normalized spacial score (nSPS) is 9.76. The number of halogens is 1. The number of carboxylic acids is 1. The molecule has 0 unspecified atom stereocenters. The molecule has 1 aromatic rings. The van der Waals surface area contributed by atoms with Gasteiger partial charge in [0.1, 0.15) is 12.4 Å². The van der Waals surface area contributed by atoms with Crippen molar-refractivity contribution >= 4 is 28.0 Å². The predicted octanol–water partition coefficient (Wildman–Crippen LogP) is 2.95. The maximum absolute atomic E-state index is 10.4. The highest BCUT2D eigenvalue weighted by molar-refractivity contribution is 9.10. The van der Waals surface area contributed by atoms with E-state index in [0.717, 1.165) is 16.1 Å². The van der Waals surface area contributed by atoms with Crippen molar-refractivity contribution in [2.24, 2.45) is 0 Å². The van der Waals surface area contributed by atoms with Crippen LogP contribution in [0.15, 0.2) is 28.7 Å². The molecule has 0 aliphatic carbocycles. The van der Waals surface area contributed by atoms with E-state index in [9.17, 15) is 4.79 Å². The molecular weight excluding hydrogens is 284 g/mol. The predicted molar refractivity (Wildman–Crippen MR) is 69.8 cm³/mol. The van der Waals surface area contributed by atoms with Crippen molar-refractivity contribution in [3.05, 3.63) is 34.3 Å². The smallest absolute Gasteiger partial charge is 0.328 e. The lowest BCUT2D eigenvalue weighted by Crippen LogP contribution is -1.94. The van der Waals surface area contributed by atoms with Crippen LogP contribution in [0.1, 0.15) is 12.5 Å². The van der Waals surface area contributed by atoms with Crippen LogP contribution >= 0.6 is 15.9 Å². The van der Waals surface area contributed by atoms with Gasteiger partial charge in [-0.1, -0.05) is 21.9 Å². The summed E-state index contributed by atoms with van der Waals surface area (Å²) in [7, 11) is 0. The van der Waals surface area contributed by atoms with Gasteiger partial charge in [0.05, 0.1) is 0 Å². The van der Waals surface area contributed by atoms with Crippen molar-refractivity contribution < 1.29 is 14.6 Å². The van der Waals surface area contributed by atoms with Crippen molar-refractivity contribution in [2.45, 2.75) is 6.92 Å². The Labute approximate surface area is 108 Å². The minimum atomic E-state index is -0.986. The van der Waals surface area contributed by atoms with Crippen LogP contribution in [-0.4, -0.2) is 17.7 Å². The fourth-order valence-electron chi connectivity index (χ4n) is 1.09.